The van der Waals surface area contributed by atoms with Gasteiger partial charge in [0.1, 0.15) is 0 Å². The van der Waals surface area contributed by atoms with Crippen molar-refractivity contribution in [3.63, 3.8) is 0 Å². The van der Waals surface area contributed by atoms with E-state index in [1.54, 1.807) is 0 Å². The van der Waals surface area contributed by atoms with E-state index >= 15 is 0 Å². The molecule has 0 aromatic rings. The molecule has 0 heterocycles. The molecule has 1 fully saturated rings. The molecule has 130 valence electrons. The number of hydrogen-bond acceptors (Lipinski definition) is 4. The molecule has 0 aromatic carbocycles. The lowest BCUT2D eigenvalue weighted by Crippen LogP contribution is -2.42. The van der Waals surface area contributed by atoms with Crippen LogP contribution in [-0.2, 0) is 13.9 Å². The van der Waals surface area contributed by atoms with Crippen molar-refractivity contribution in [2.75, 3.05) is 0 Å². The summed E-state index contributed by atoms with van der Waals surface area (Å²) in [5.41, 5.74) is 0. The van der Waals surface area contributed by atoms with Crippen LogP contribution in [0.4, 0.5) is 0 Å². The van der Waals surface area contributed by atoms with Crippen molar-refractivity contribution in [2.24, 2.45) is 5.92 Å². The lowest BCUT2D eigenvalue weighted by Gasteiger charge is -2.35. The summed E-state index contributed by atoms with van der Waals surface area (Å²) < 4.78 is 22.6. The first kappa shape index (κ1) is 19.8. The van der Waals surface area contributed by atoms with Crippen LogP contribution in [0.1, 0.15) is 45.4 Å². The number of hydrogen-bond donors (Lipinski definition) is 6. The van der Waals surface area contributed by atoms with Crippen LogP contribution in [0.2, 0.25) is 0 Å². The minimum Gasteiger partial charge on any atom is -0.368 e. The molecule has 0 spiro atoms. The molecule has 1 amide bonds. The molecule has 1 aliphatic rings. The number of carbonyl (C=O) groups is 1. The third-order valence-electron chi connectivity index (χ3n) is 4.08. The Balaban J connectivity index is 2.86. The second-order valence-corrected chi connectivity index (χ2v) is 9.76. The van der Waals surface area contributed by atoms with Gasteiger partial charge in [-0.05, 0) is 25.2 Å². The highest BCUT2D eigenvalue weighted by atomic mass is 31.2. The van der Waals surface area contributed by atoms with Gasteiger partial charge >= 0.3 is 15.2 Å². The van der Waals surface area contributed by atoms with Crippen LogP contribution < -0.4 is 5.32 Å². The summed E-state index contributed by atoms with van der Waals surface area (Å²) in [6, 6.07) is -0.218. The van der Waals surface area contributed by atoms with Gasteiger partial charge in [-0.1, -0.05) is 12.8 Å². The summed E-state index contributed by atoms with van der Waals surface area (Å²) in [5, 5.41) is 9.23. The van der Waals surface area contributed by atoms with Crippen molar-refractivity contribution in [2.45, 2.75) is 56.6 Å². The molecule has 1 rings (SSSR count). The van der Waals surface area contributed by atoms with Gasteiger partial charge in [0.15, 0.2) is 0 Å². The maximum Gasteiger partial charge on any atom is 0.369 e. The van der Waals surface area contributed by atoms with E-state index in [0.717, 1.165) is 12.8 Å². The van der Waals surface area contributed by atoms with Crippen LogP contribution in [0.15, 0.2) is 0 Å². The Hall–Kier alpha value is -0.270. The Bertz CT molecular complexity index is 476. The highest BCUT2D eigenvalue weighted by Crippen LogP contribution is 2.69. The second kappa shape index (κ2) is 7.09. The predicted molar refractivity (Wildman–Crippen MR) is 77.8 cm³/mol. The van der Waals surface area contributed by atoms with Gasteiger partial charge in [0.2, 0.25) is 5.91 Å². The van der Waals surface area contributed by atoms with Crippen molar-refractivity contribution >= 4 is 21.1 Å². The zero-order valence-electron chi connectivity index (χ0n) is 12.3. The Kier molecular flexibility index (Phi) is 6.38. The minimum atomic E-state index is -5.42. The summed E-state index contributed by atoms with van der Waals surface area (Å²) in [4.78, 5) is 47.6. The molecular weight excluding hydrogens is 336 g/mol. The zero-order valence-corrected chi connectivity index (χ0v) is 14.0. The van der Waals surface area contributed by atoms with Gasteiger partial charge in [-0.15, -0.1) is 0 Å². The maximum absolute atomic E-state index is 11.3. The molecule has 0 aliphatic heterocycles. The lowest BCUT2D eigenvalue weighted by atomic mass is 9.81. The number of nitrogens with one attached hydrogen (secondary N) is 1. The van der Waals surface area contributed by atoms with Crippen LogP contribution in [0.25, 0.3) is 0 Å². The Morgan fingerprint density at radius 2 is 1.64 bits per heavy atom. The fourth-order valence-corrected chi connectivity index (χ4v) is 5.04. The SMILES string of the molecule is CC(=O)NC1CCCCC1CCC(O)(P(=O)(O)O)P(=O)(O)O. The van der Waals surface area contributed by atoms with Crippen molar-refractivity contribution in [3.8, 4) is 0 Å². The fraction of sp³-hybridized carbons (Fsp3) is 0.909. The lowest BCUT2D eigenvalue weighted by molar-refractivity contribution is -0.120. The predicted octanol–water partition coefficient (Wildman–Crippen LogP) is 0.463. The molecule has 22 heavy (non-hydrogen) atoms. The van der Waals surface area contributed by atoms with Gasteiger partial charge in [-0.3, -0.25) is 13.9 Å². The van der Waals surface area contributed by atoms with Gasteiger partial charge in [0.05, 0.1) is 0 Å². The number of amides is 1. The summed E-state index contributed by atoms with van der Waals surface area (Å²) in [6.07, 6.45) is 2.35. The number of rotatable bonds is 6. The van der Waals surface area contributed by atoms with Crippen molar-refractivity contribution in [1.29, 1.82) is 0 Å². The van der Waals surface area contributed by atoms with E-state index in [2.05, 4.69) is 5.32 Å². The van der Waals surface area contributed by atoms with Gasteiger partial charge in [0.25, 0.3) is 5.08 Å². The molecule has 0 saturated heterocycles. The van der Waals surface area contributed by atoms with Gasteiger partial charge in [0, 0.05) is 19.4 Å². The van der Waals surface area contributed by atoms with E-state index in [0.29, 0.717) is 12.8 Å². The molecule has 1 aliphatic carbocycles. The average molecular weight is 359 g/mol. The molecule has 6 N–H and O–H groups in total. The zero-order chi connectivity index (χ0) is 17.2. The Labute approximate surface area is 128 Å². The highest BCUT2D eigenvalue weighted by Gasteiger charge is 2.59. The topological polar surface area (TPSA) is 164 Å². The van der Waals surface area contributed by atoms with Crippen molar-refractivity contribution in [1.82, 2.24) is 5.32 Å². The van der Waals surface area contributed by atoms with E-state index < -0.39 is 26.7 Å². The molecular formula is C11H23NO8P2. The van der Waals surface area contributed by atoms with Gasteiger partial charge < -0.3 is 30.0 Å². The third-order valence-corrected chi connectivity index (χ3v) is 7.96. The van der Waals surface area contributed by atoms with Crippen molar-refractivity contribution in [3.05, 3.63) is 0 Å². The molecule has 2 unspecified atom stereocenters. The third kappa shape index (κ3) is 4.61. The van der Waals surface area contributed by atoms with Gasteiger partial charge in [-0.2, -0.15) is 0 Å². The highest BCUT2D eigenvalue weighted by molar-refractivity contribution is 7.72. The first-order valence-corrected chi connectivity index (χ1v) is 10.2. The average Bonchev–Trinajstić information content (AvgIpc) is 2.34. The maximum atomic E-state index is 11.3. The van der Waals surface area contributed by atoms with Crippen LogP contribution in [0.3, 0.4) is 0 Å². The fourth-order valence-electron chi connectivity index (χ4n) is 2.84. The van der Waals surface area contributed by atoms with Crippen LogP contribution in [-0.4, -0.2) is 41.7 Å². The smallest absolute Gasteiger partial charge is 0.368 e. The number of aliphatic hydroxyl groups is 1. The quantitative estimate of drug-likeness (QED) is 0.372. The number of carbonyl (C=O) groups excluding carboxylic acids is 1. The monoisotopic (exact) mass is 359 g/mol. The van der Waals surface area contributed by atoms with E-state index in [1.807, 2.05) is 0 Å². The van der Waals surface area contributed by atoms with E-state index in [9.17, 15) is 19.0 Å². The molecule has 2 atom stereocenters. The molecule has 1 saturated carbocycles. The molecule has 0 aromatic heterocycles. The summed E-state index contributed by atoms with van der Waals surface area (Å²) in [5.74, 6) is -0.431. The first-order valence-electron chi connectivity index (χ1n) is 6.99. The summed E-state index contributed by atoms with van der Waals surface area (Å²) >= 11 is 0. The standard InChI is InChI=1S/C11H23NO8P2/c1-8(13)12-10-5-3-2-4-9(10)6-7-11(14,21(15,16)17)22(18,19)20/h9-10,14H,2-7H2,1H3,(H,12,13)(H2,15,16,17)(H2,18,19,20). The van der Waals surface area contributed by atoms with Crippen LogP contribution >= 0.6 is 15.2 Å². The first-order chi connectivity index (χ1) is 9.88. The van der Waals surface area contributed by atoms with E-state index in [-0.39, 0.29) is 24.3 Å². The Morgan fingerprint density at radius 3 is 2.09 bits per heavy atom. The second-order valence-electron chi connectivity index (χ2n) is 5.75. The molecule has 0 radical (unpaired) electrons. The largest absolute Gasteiger partial charge is 0.369 e. The summed E-state index contributed by atoms with van der Waals surface area (Å²) in [7, 11) is -10.8. The molecule has 11 heteroatoms. The van der Waals surface area contributed by atoms with Crippen LogP contribution in [0.5, 0.6) is 0 Å². The Morgan fingerprint density at radius 1 is 1.14 bits per heavy atom. The van der Waals surface area contributed by atoms with Crippen LogP contribution in [0, 0.1) is 5.92 Å². The normalized spacial score (nSPS) is 24.1. The van der Waals surface area contributed by atoms with E-state index in [1.165, 1.54) is 6.92 Å². The van der Waals surface area contributed by atoms with E-state index in [4.69, 9.17) is 19.6 Å². The molecule has 9 nitrogen and oxygen atoms in total. The summed E-state index contributed by atoms with van der Waals surface area (Å²) in [6.45, 7) is 1.35. The molecule has 0 bridgehead atoms. The minimum absolute atomic E-state index is 0.00231. The van der Waals surface area contributed by atoms with Crippen molar-refractivity contribution < 1.29 is 38.6 Å². The van der Waals surface area contributed by atoms with Gasteiger partial charge in [-0.25, -0.2) is 0 Å².